The first-order chi connectivity index (χ1) is 17.0. The van der Waals surface area contributed by atoms with Crippen LogP contribution in [0.1, 0.15) is 6.42 Å². The number of methoxy groups -OCH3 is 1. The number of nitrogens with two attached hydrogens (primary N) is 1. The summed E-state index contributed by atoms with van der Waals surface area (Å²) in [4.78, 5) is 15.1. The largest absolute Gasteiger partial charge is 0.504 e. The number of aromatic hydroxyl groups is 1. The molecule has 7 rings (SSSR count). The Morgan fingerprint density at radius 2 is 1.94 bits per heavy atom. The number of hydrogen-bond donors (Lipinski definition) is 2. The third kappa shape index (κ3) is 3.29. The van der Waals surface area contributed by atoms with Crippen molar-refractivity contribution in [1.29, 1.82) is 0 Å². The Labute approximate surface area is 201 Å². The molecule has 2 atom stereocenters. The molecule has 8 nitrogen and oxygen atoms in total. The zero-order valence-corrected chi connectivity index (χ0v) is 19.0. The monoisotopic (exact) mass is 470 g/mol. The van der Waals surface area contributed by atoms with Gasteiger partial charge in [0, 0.05) is 37.1 Å². The molecule has 0 radical (unpaired) electrons. The molecule has 4 aromatic rings. The van der Waals surface area contributed by atoms with Crippen LogP contribution in [0.3, 0.4) is 0 Å². The number of phenols is 1. The van der Waals surface area contributed by atoms with Crippen LogP contribution in [-0.2, 0) is 0 Å². The second-order valence-electron chi connectivity index (χ2n) is 9.16. The third-order valence-corrected chi connectivity index (χ3v) is 7.22. The molecule has 2 unspecified atom stereocenters. The molecule has 2 aliphatic heterocycles. The molecule has 2 saturated heterocycles. The van der Waals surface area contributed by atoms with E-state index in [1.807, 2.05) is 16.7 Å². The highest BCUT2D eigenvalue weighted by atomic mass is 19.1. The SMILES string of the molecule is [C-]#[N+]c1ccc(-c2nc(N3CC4CC(C3)C4N)n3ccnc3c2-c2ccc(OC)c(O)c2)cc1F. The van der Waals surface area contributed by atoms with Gasteiger partial charge in [-0.15, -0.1) is 0 Å². The van der Waals surface area contributed by atoms with Gasteiger partial charge in [0.25, 0.3) is 0 Å². The van der Waals surface area contributed by atoms with Crippen LogP contribution in [0.15, 0.2) is 48.8 Å². The van der Waals surface area contributed by atoms with Crippen molar-refractivity contribution in [2.24, 2.45) is 17.6 Å². The molecule has 9 heteroatoms. The quantitative estimate of drug-likeness (QED) is 0.433. The fourth-order valence-electron chi connectivity index (χ4n) is 5.34. The molecule has 2 bridgehead atoms. The molecule has 2 aromatic carbocycles. The lowest BCUT2D eigenvalue weighted by Gasteiger charge is -2.52. The summed E-state index contributed by atoms with van der Waals surface area (Å²) in [6, 6.07) is 9.77. The van der Waals surface area contributed by atoms with Crippen molar-refractivity contribution in [1.82, 2.24) is 14.4 Å². The smallest absolute Gasteiger partial charge is 0.222 e. The first-order valence-electron chi connectivity index (χ1n) is 11.4. The molecular formula is C26H23FN6O2. The number of phenolic OH excluding ortho intramolecular Hbond substituents is 1. The molecule has 3 aliphatic rings. The fourth-order valence-corrected chi connectivity index (χ4v) is 5.34. The summed E-state index contributed by atoms with van der Waals surface area (Å²) < 4.78 is 21.8. The predicted octanol–water partition coefficient (Wildman–Crippen LogP) is 4.25. The maximum Gasteiger partial charge on any atom is 0.222 e. The second kappa shape index (κ2) is 7.96. The van der Waals surface area contributed by atoms with Crippen molar-refractivity contribution in [3.63, 3.8) is 0 Å². The van der Waals surface area contributed by atoms with Gasteiger partial charge in [0.15, 0.2) is 11.5 Å². The third-order valence-electron chi connectivity index (χ3n) is 7.22. The van der Waals surface area contributed by atoms with Crippen molar-refractivity contribution >= 4 is 17.3 Å². The Kier molecular flexibility index (Phi) is 4.86. The van der Waals surface area contributed by atoms with Crippen LogP contribution in [0.5, 0.6) is 11.5 Å². The molecule has 0 spiro atoms. The van der Waals surface area contributed by atoms with E-state index in [9.17, 15) is 9.50 Å². The van der Waals surface area contributed by atoms with E-state index < -0.39 is 5.82 Å². The van der Waals surface area contributed by atoms with Crippen molar-refractivity contribution in [3.05, 3.63) is 66.0 Å². The van der Waals surface area contributed by atoms with E-state index >= 15 is 0 Å². The summed E-state index contributed by atoms with van der Waals surface area (Å²) in [5.74, 6) is 1.26. The maximum atomic E-state index is 14.7. The standard InChI is InChI=1S/C26H23FN6O2/c1-29-19-5-3-15(10-18(19)27)24-22(14-4-6-21(35-2)20(34)11-14)25-30-7-8-33(25)26(31-24)32-12-16-9-17(13-32)23(16)28/h3-8,10-11,16-17,23,34H,9,12-13,28H2,2H3. The van der Waals surface area contributed by atoms with Crippen LogP contribution in [-0.4, -0.2) is 45.7 Å². The van der Waals surface area contributed by atoms with Crippen molar-refractivity contribution in [3.8, 4) is 33.9 Å². The van der Waals surface area contributed by atoms with E-state index in [-0.39, 0.29) is 17.5 Å². The zero-order valence-electron chi connectivity index (χ0n) is 19.0. The molecule has 1 saturated carbocycles. The summed E-state index contributed by atoms with van der Waals surface area (Å²) >= 11 is 0. The topological polar surface area (TPSA) is 93.3 Å². The fraction of sp³-hybridized carbons (Fsp3) is 0.269. The molecule has 176 valence electrons. The maximum absolute atomic E-state index is 14.7. The second-order valence-corrected chi connectivity index (χ2v) is 9.16. The minimum Gasteiger partial charge on any atom is -0.504 e. The van der Waals surface area contributed by atoms with Gasteiger partial charge in [-0.25, -0.2) is 19.2 Å². The highest BCUT2D eigenvalue weighted by Crippen LogP contribution is 2.43. The number of anilines is 1. The van der Waals surface area contributed by atoms with Crippen LogP contribution in [0.25, 0.3) is 32.9 Å². The Hall–Kier alpha value is -4.16. The van der Waals surface area contributed by atoms with Gasteiger partial charge >= 0.3 is 0 Å². The Bertz CT molecular complexity index is 1500. The molecule has 3 fully saturated rings. The van der Waals surface area contributed by atoms with Gasteiger partial charge < -0.3 is 20.5 Å². The average Bonchev–Trinajstić information content (AvgIpc) is 3.37. The molecule has 1 aliphatic carbocycles. The molecule has 4 heterocycles. The van der Waals surface area contributed by atoms with Crippen LogP contribution in [0, 0.1) is 24.2 Å². The van der Waals surface area contributed by atoms with Gasteiger partial charge in [0.1, 0.15) is 11.5 Å². The minimum atomic E-state index is -0.613. The summed E-state index contributed by atoms with van der Waals surface area (Å²) in [5, 5.41) is 10.5. The number of piperidine rings is 2. The lowest BCUT2D eigenvalue weighted by atomic mass is 9.67. The Morgan fingerprint density at radius 3 is 2.60 bits per heavy atom. The molecule has 35 heavy (non-hydrogen) atoms. The van der Waals surface area contributed by atoms with Crippen molar-refractivity contribution < 1.29 is 14.2 Å². The van der Waals surface area contributed by atoms with Crippen LogP contribution in [0.4, 0.5) is 16.0 Å². The number of fused-ring (bicyclic) bond motifs is 3. The highest BCUT2D eigenvalue weighted by molar-refractivity contribution is 5.92. The van der Waals surface area contributed by atoms with E-state index in [0.717, 1.165) is 19.5 Å². The molecule has 0 amide bonds. The van der Waals surface area contributed by atoms with Crippen LogP contribution < -0.4 is 15.4 Å². The van der Waals surface area contributed by atoms with Gasteiger partial charge in [-0.2, -0.15) is 0 Å². The van der Waals surface area contributed by atoms with Crippen LogP contribution in [0.2, 0.25) is 0 Å². The normalized spacial score (nSPS) is 21.0. The van der Waals surface area contributed by atoms with E-state index in [1.165, 1.54) is 19.2 Å². The number of ether oxygens (including phenoxy) is 1. The Morgan fingerprint density at radius 1 is 1.17 bits per heavy atom. The van der Waals surface area contributed by atoms with Gasteiger partial charge in [-0.1, -0.05) is 18.2 Å². The first kappa shape index (κ1) is 21.4. The lowest BCUT2D eigenvalue weighted by Crippen LogP contribution is -2.62. The summed E-state index contributed by atoms with van der Waals surface area (Å²) in [7, 11) is 1.49. The number of imidazole rings is 1. The number of hydrogen-bond acceptors (Lipinski definition) is 6. The number of rotatable bonds is 4. The summed E-state index contributed by atoms with van der Waals surface area (Å²) in [6.45, 7) is 8.79. The van der Waals surface area contributed by atoms with E-state index in [1.54, 1.807) is 24.4 Å². The lowest BCUT2D eigenvalue weighted by molar-refractivity contribution is 0.114. The number of benzene rings is 2. The van der Waals surface area contributed by atoms with Gasteiger partial charge in [0.2, 0.25) is 11.6 Å². The average molecular weight is 471 g/mol. The van der Waals surface area contributed by atoms with Crippen molar-refractivity contribution in [2.75, 3.05) is 25.1 Å². The predicted molar refractivity (Wildman–Crippen MR) is 130 cm³/mol. The summed E-state index contributed by atoms with van der Waals surface area (Å²) in [6.07, 6.45) is 4.69. The zero-order chi connectivity index (χ0) is 24.3. The Balaban J connectivity index is 1.59. The molecule has 3 N–H and O–H groups in total. The molecular weight excluding hydrogens is 447 g/mol. The number of halogens is 1. The minimum absolute atomic E-state index is 0.0237. The molecule has 2 aromatic heterocycles. The van der Waals surface area contributed by atoms with Crippen LogP contribution >= 0.6 is 0 Å². The summed E-state index contributed by atoms with van der Waals surface area (Å²) in [5.41, 5.74) is 9.22. The first-order valence-corrected chi connectivity index (χ1v) is 11.4. The van der Waals surface area contributed by atoms with Crippen molar-refractivity contribution in [2.45, 2.75) is 12.5 Å². The van der Waals surface area contributed by atoms with Gasteiger partial charge in [-0.05, 0) is 42.0 Å². The highest BCUT2D eigenvalue weighted by Gasteiger charge is 2.45. The van der Waals surface area contributed by atoms with E-state index in [4.69, 9.17) is 22.0 Å². The van der Waals surface area contributed by atoms with Gasteiger partial charge in [-0.3, -0.25) is 4.40 Å². The number of nitrogens with zero attached hydrogens (tertiary/aromatic N) is 5. The van der Waals surface area contributed by atoms with E-state index in [0.29, 0.717) is 51.6 Å². The van der Waals surface area contributed by atoms with Gasteiger partial charge in [0.05, 0.1) is 24.9 Å². The van der Waals surface area contributed by atoms with E-state index in [2.05, 4.69) is 14.7 Å². The number of aromatic nitrogens is 3.